The van der Waals surface area contributed by atoms with Crippen molar-refractivity contribution in [3.05, 3.63) is 54.6 Å². The quantitative estimate of drug-likeness (QED) is 0.547. The summed E-state index contributed by atoms with van der Waals surface area (Å²) in [6.45, 7) is 3.33. The Bertz CT molecular complexity index is 1100. The normalized spacial score (nSPS) is 14.4. The second-order valence-corrected chi connectivity index (χ2v) is 8.95. The van der Waals surface area contributed by atoms with Crippen LogP contribution in [-0.4, -0.2) is 55.8 Å². The third kappa shape index (κ3) is 5.02. The van der Waals surface area contributed by atoms with Crippen LogP contribution in [0.4, 0.5) is 29.2 Å². The lowest BCUT2D eigenvalue weighted by atomic mass is 10.3. The molecule has 2 heterocycles. The molecule has 0 aliphatic carbocycles. The Kier molecular flexibility index (Phi) is 5.77. The van der Waals surface area contributed by atoms with Crippen LogP contribution < -0.4 is 20.9 Å². The molecule has 156 valence electrons. The van der Waals surface area contributed by atoms with Crippen LogP contribution in [0.3, 0.4) is 0 Å². The van der Waals surface area contributed by atoms with Crippen LogP contribution in [0.2, 0.25) is 0 Å². The van der Waals surface area contributed by atoms with Crippen LogP contribution in [0.25, 0.3) is 0 Å². The van der Waals surface area contributed by atoms with E-state index in [0.29, 0.717) is 23.5 Å². The molecule has 1 aliphatic heterocycles. The van der Waals surface area contributed by atoms with E-state index in [9.17, 15) is 8.42 Å². The van der Waals surface area contributed by atoms with E-state index in [4.69, 9.17) is 0 Å². The summed E-state index contributed by atoms with van der Waals surface area (Å²) in [5, 5.41) is 9.68. The smallest absolute Gasteiger partial charge is 0.233 e. The minimum Gasteiger partial charge on any atom is -0.338 e. The van der Waals surface area contributed by atoms with Crippen molar-refractivity contribution in [3.63, 3.8) is 0 Å². The van der Waals surface area contributed by atoms with Crippen molar-refractivity contribution in [2.45, 2.75) is 4.90 Å². The average Bonchev–Trinajstić information content (AvgIpc) is 2.75. The van der Waals surface area contributed by atoms with Crippen LogP contribution in [0.15, 0.2) is 59.5 Å². The number of nitrogens with zero attached hydrogens (tertiary/aromatic N) is 4. The zero-order chi connectivity index (χ0) is 21.0. The van der Waals surface area contributed by atoms with Gasteiger partial charge in [-0.3, -0.25) is 0 Å². The molecule has 0 atom stereocenters. The number of sulfone groups is 1. The van der Waals surface area contributed by atoms with Gasteiger partial charge in [0.1, 0.15) is 0 Å². The second kappa shape index (κ2) is 8.64. The first-order valence-electron chi connectivity index (χ1n) is 9.58. The van der Waals surface area contributed by atoms with Crippen LogP contribution in [0.1, 0.15) is 0 Å². The molecule has 0 radical (unpaired) electrons. The lowest BCUT2D eigenvalue weighted by Crippen LogP contribution is -2.44. The van der Waals surface area contributed by atoms with Crippen molar-refractivity contribution < 1.29 is 8.42 Å². The van der Waals surface area contributed by atoms with Gasteiger partial charge in [-0.2, -0.15) is 15.0 Å². The van der Waals surface area contributed by atoms with Crippen molar-refractivity contribution in [1.29, 1.82) is 0 Å². The van der Waals surface area contributed by atoms with Crippen LogP contribution in [0, 0.1) is 0 Å². The molecular formula is C20H23N7O2S. The number of para-hydroxylation sites is 1. The van der Waals surface area contributed by atoms with Crippen LogP contribution >= 0.6 is 0 Å². The van der Waals surface area contributed by atoms with Gasteiger partial charge in [-0.1, -0.05) is 18.2 Å². The van der Waals surface area contributed by atoms with Crippen molar-refractivity contribution in [3.8, 4) is 0 Å². The first kappa shape index (κ1) is 20.0. The maximum absolute atomic E-state index is 11.7. The predicted octanol–water partition coefficient (Wildman–Crippen LogP) is 2.17. The first-order chi connectivity index (χ1) is 14.5. The predicted molar refractivity (Wildman–Crippen MR) is 117 cm³/mol. The monoisotopic (exact) mass is 425 g/mol. The summed E-state index contributed by atoms with van der Waals surface area (Å²) in [4.78, 5) is 16.0. The summed E-state index contributed by atoms with van der Waals surface area (Å²) >= 11 is 0. The summed E-state index contributed by atoms with van der Waals surface area (Å²) in [5.41, 5.74) is 1.56. The maximum atomic E-state index is 11.7. The van der Waals surface area contributed by atoms with Gasteiger partial charge >= 0.3 is 0 Å². The Balaban J connectivity index is 1.62. The molecule has 3 N–H and O–H groups in total. The Morgan fingerprint density at radius 3 is 1.97 bits per heavy atom. The molecule has 0 unspecified atom stereocenters. The molecule has 0 saturated carbocycles. The van der Waals surface area contributed by atoms with Gasteiger partial charge in [0.25, 0.3) is 0 Å². The fourth-order valence-corrected chi connectivity index (χ4v) is 3.68. The summed E-state index contributed by atoms with van der Waals surface area (Å²) in [6, 6.07) is 16.2. The van der Waals surface area contributed by atoms with E-state index in [1.807, 2.05) is 30.3 Å². The molecule has 1 aliphatic rings. The van der Waals surface area contributed by atoms with Crippen LogP contribution in [0.5, 0.6) is 0 Å². The number of anilines is 5. The van der Waals surface area contributed by atoms with Gasteiger partial charge in [0.15, 0.2) is 9.84 Å². The SMILES string of the molecule is CS(=O)(=O)c1ccc(Nc2nc(Nc3ccccc3)nc(N3CCNCC3)n2)cc1. The third-order valence-electron chi connectivity index (χ3n) is 4.59. The van der Waals surface area contributed by atoms with E-state index in [-0.39, 0.29) is 4.90 Å². The van der Waals surface area contributed by atoms with Gasteiger partial charge in [0, 0.05) is 43.8 Å². The zero-order valence-electron chi connectivity index (χ0n) is 16.5. The lowest BCUT2D eigenvalue weighted by Gasteiger charge is -2.27. The van der Waals surface area contributed by atoms with Crippen molar-refractivity contribution in [2.75, 3.05) is 48.0 Å². The molecule has 0 amide bonds. The van der Waals surface area contributed by atoms with E-state index in [0.717, 1.165) is 31.9 Å². The van der Waals surface area contributed by atoms with E-state index in [1.54, 1.807) is 24.3 Å². The molecule has 0 bridgehead atoms. The summed E-state index contributed by atoms with van der Waals surface area (Å²) in [6.07, 6.45) is 1.18. The maximum Gasteiger partial charge on any atom is 0.233 e. The number of hydrogen-bond donors (Lipinski definition) is 3. The summed E-state index contributed by atoms with van der Waals surface area (Å²) in [7, 11) is -3.25. The van der Waals surface area contributed by atoms with Gasteiger partial charge in [-0.05, 0) is 36.4 Å². The molecule has 10 heteroatoms. The summed E-state index contributed by atoms with van der Waals surface area (Å²) < 4.78 is 23.3. The van der Waals surface area contributed by atoms with Gasteiger partial charge < -0.3 is 20.9 Å². The minimum atomic E-state index is -3.25. The fourth-order valence-electron chi connectivity index (χ4n) is 3.05. The number of rotatable bonds is 6. The molecule has 1 aromatic heterocycles. The topological polar surface area (TPSA) is 112 Å². The highest BCUT2D eigenvalue weighted by molar-refractivity contribution is 7.90. The van der Waals surface area contributed by atoms with E-state index in [1.165, 1.54) is 6.26 Å². The van der Waals surface area contributed by atoms with E-state index in [2.05, 4.69) is 35.8 Å². The minimum absolute atomic E-state index is 0.261. The average molecular weight is 426 g/mol. The highest BCUT2D eigenvalue weighted by Gasteiger charge is 2.16. The molecule has 1 fully saturated rings. The van der Waals surface area contributed by atoms with Crippen molar-refractivity contribution in [1.82, 2.24) is 20.3 Å². The Labute approximate surface area is 175 Å². The Hall–Kier alpha value is -3.24. The first-order valence-corrected chi connectivity index (χ1v) is 11.5. The molecule has 0 spiro atoms. The van der Waals surface area contributed by atoms with Gasteiger partial charge in [-0.25, -0.2) is 8.42 Å². The molecule has 30 heavy (non-hydrogen) atoms. The lowest BCUT2D eigenvalue weighted by molar-refractivity contribution is 0.579. The van der Waals surface area contributed by atoms with Crippen LogP contribution in [-0.2, 0) is 9.84 Å². The zero-order valence-corrected chi connectivity index (χ0v) is 17.4. The largest absolute Gasteiger partial charge is 0.338 e. The van der Waals surface area contributed by atoms with Crippen molar-refractivity contribution >= 4 is 39.1 Å². The summed E-state index contributed by atoms with van der Waals surface area (Å²) in [5.74, 6) is 1.39. The number of hydrogen-bond acceptors (Lipinski definition) is 9. The molecule has 2 aromatic carbocycles. The fraction of sp³-hybridized carbons (Fsp3) is 0.250. The van der Waals surface area contributed by atoms with Gasteiger partial charge in [0.05, 0.1) is 4.90 Å². The Morgan fingerprint density at radius 1 is 0.833 bits per heavy atom. The number of piperazine rings is 1. The Morgan fingerprint density at radius 2 is 1.40 bits per heavy atom. The number of nitrogens with one attached hydrogen (secondary N) is 3. The number of benzene rings is 2. The second-order valence-electron chi connectivity index (χ2n) is 6.93. The molecule has 4 rings (SSSR count). The van der Waals surface area contributed by atoms with Gasteiger partial charge in [-0.15, -0.1) is 0 Å². The van der Waals surface area contributed by atoms with E-state index < -0.39 is 9.84 Å². The molecule has 3 aromatic rings. The third-order valence-corrected chi connectivity index (χ3v) is 5.72. The number of aromatic nitrogens is 3. The van der Waals surface area contributed by atoms with E-state index >= 15 is 0 Å². The standard InChI is InChI=1S/C20H23N7O2S/c1-30(28,29)17-9-7-16(8-10-17)23-19-24-18(22-15-5-3-2-4-6-15)25-20(26-19)27-13-11-21-12-14-27/h2-10,21H,11-14H2,1H3,(H2,22,23,24,25,26). The van der Waals surface area contributed by atoms with Gasteiger partial charge in [0.2, 0.25) is 17.8 Å². The highest BCUT2D eigenvalue weighted by Crippen LogP contribution is 2.21. The van der Waals surface area contributed by atoms with Crippen molar-refractivity contribution in [2.24, 2.45) is 0 Å². The molecular weight excluding hydrogens is 402 g/mol. The highest BCUT2D eigenvalue weighted by atomic mass is 32.2. The molecule has 9 nitrogen and oxygen atoms in total. The molecule has 1 saturated heterocycles.